The van der Waals surface area contributed by atoms with Crippen LogP contribution in [0.4, 0.5) is 5.69 Å². The average Bonchev–Trinajstić information content (AvgIpc) is 2.42. The summed E-state index contributed by atoms with van der Waals surface area (Å²) in [6.07, 6.45) is 5.08. The molecule has 19 heavy (non-hydrogen) atoms. The molecule has 0 saturated heterocycles. The zero-order valence-electron chi connectivity index (χ0n) is 10.8. The van der Waals surface area contributed by atoms with Gasteiger partial charge in [0, 0.05) is 18.1 Å². The fourth-order valence-corrected chi connectivity index (χ4v) is 1.61. The Hall–Kier alpha value is -2.26. The molecule has 102 valence electrons. The van der Waals surface area contributed by atoms with E-state index in [4.69, 9.17) is 21.0 Å². The highest BCUT2D eigenvalue weighted by atomic mass is 16.6. The minimum atomic E-state index is -0.524. The van der Waals surface area contributed by atoms with E-state index < -0.39 is 4.92 Å². The van der Waals surface area contributed by atoms with Crippen molar-refractivity contribution in [3.63, 3.8) is 0 Å². The Bertz CT molecular complexity index is 506. The first-order valence-corrected chi connectivity index (χ1v) is 5.58. The fraction of sp³-hybridized carbons (Fsp3) is 0.385. The van der Waals surface area contributed by atoms with Crippen LogP contribution in [-0.4, -0.2) is 30.4 Å². The Morgan fingerprint density at radius 3 is 2.68 bits per heavy atom. The van der Waals surface area contributed by atoms with Crippen LogP contribution in [0.1, 0.15) is 18.4 Å². The number of nitro groups is 1. The van der Waals surface area contributed by atoms with Gasteiger partial charge in [0.15, 0.2) is 11.5 Å². The molecule has 0 radical (unpaired) electrons. The van der Waals surface area contributed by atoms with Gasteiger partial charge in [0.25, 0.3) is 5.69 Å². The molecule has 0 aliphatic rings. The third-order valence-corrected chi connectivity index (χ3v) is 2.63. The summed E-state index contributed by atoms with van der Waals surface area (Å²) in [7, 11) is 1.43. The zero-order chi connectivity index (χ0) is 14.4. The van der Waals surface area contributed by atoms with Crippen LogP contribution in [0.2, 0.25) is 0 Å². The van der Waals surface area contributed by atoms with E-state index in [1.807, 2.05) is 0 Å². The Morgan fingerprint density at radius 2 is 2.21 bits per heavy atom. The molecule has 0 aliphatic heterocycles. The van der Waals surface area contributed by atoms with Crippen molar-refractivity contribution in [1.82, 2.24) is 0 Å². The smallest absolute Gasteiger partial charge is 0.276 e. The van der Waals surface area contributed by atoms with Crippen LogP contribution in [0, 0.1) is 22.5 Å². The minimum Gasteiger partial charge on any atom is -0.493 e. The van der Waals surface area contributed by atoms with Gasteiger partial charge in [0.2, 0.25) is 0 Å². The number of hydrogen-bond acceptors (Lipinski definition) is 5. The van der Waals surface area contributed by atoms with Crippen molar-refractivity contribution in [3.05, 3.63) is 27.8 Å². The molecular weight excluding hydrogens is 250 g/mol. The van der Waals surface area contributed by atoms with Gasteiger partial charge >= 0.3 is 0 Å². The Labute approximate surface area is 111 Å². The van der Waals surface area contributed by atoms with Gasteiger partial charge in [0.1, 0.15) is 6.61 Å². The first kappa shape index (κ1) is 14.8. The molecule has 0 amide bonds. The lowest BCUT2D eigenvalue weighted by atomic mass is 9.99. The molecule has 0 bridgehead atoms. The average molecular weight is 265 g/mol. The predicted octanol–water partition coefficient (Wildman–Crippen LogP) is 1.71. The molecule has 1 aromatic carbocycles. The quantitative estimate of drug-likeness (QED) is 0.481. The number of rotatable bonds is 6. The van der Waals surface area contributed by atoms with Gasteiger partial charge < -0.3 is 14.6 Å². The molecule has 6 nitrogen and oxygen atoms in total. The lowest BCUT2D eigenvalue weighted by Gasteiger charge is -2.14. The zero-order valence-corrected chi connectivity index (χ0v) is 10.8. The number of terminal acetylenes is 1. The van der Waals surface area contributed by atoms with Crippen molar-refractivity contribution in [2.45, 2.75) is 12.8 Å². The summed E-state index contributed by atoms with van der Waals surface area (Å²) in [4.78, 5) is 10.5. The van der Waals surface area contributed by atoms with E-state index in [-0.39, 0.29) is 30.6 Å². The number of aliphatic hydroxyl groups is 1. The highest BCUT2D eigenvalue weighted by molar-refractivity contribution is 5.55. The maximum absolute atomic E-state index is 11.1. The summed E-state index contributed by atoms with van der Waals surface area (Å²) < 4.78 is 10.3. The van der Waals surface area contributed by atoms with Gasteiger partial charge in [0.05, 0.1) is 18.1 Å². The molecule has 1 N–H and O–H groups in total. The first-order chi connectivity index (χ1) is 9.04. The van der Waals surface area contributed by atoms with Gasteiger partial charge in [-0.25, -0.2) is 0 Å². The summed E-state index contributed by atoms with van der Waals surface area (Å²) >= 11 is 0. The summed E-state index contributed by atoms with van der Waals surface area (Å²) in [6.45, 7) is 1.47. The molecule has 1 atom stereocenters. The molecule has 0 spiro atoms. The first-order valence-electron chi connectivity index (χ1n) is 5.58. The van der Waals surface area contributed by atoms with Gasteiger partial charge in [-0.2, -0.15) is 0 Å². The molecule has 0 fully saturated rings. The molecule has 1 rings (SSSR count). The van der Waals surface area contributed by atoms with Crippen LogP contribution < -0.4 is 9.47 Å². The Kier molecular flexibility index (Phi) is 5.15. The number of methoxy groups -OCH3 is 1. The van der Waals surface area contributed by atoms with Crippen molar-refractivity contribution < 1.29 is 19.5 Å². The summed E-state index contributed by atoms with van der Waals surface area (Å²) in [5.74, 6) is 2.45. The molecule has 0 aliphatic carbocycles. The van der Waals surface area contributed by atoms with E-state index in [0.717, 1.165) is 0 Å². The second kappa shape index (κ2) is 6.61. The van der Waals surface area contributed by atoms with Crippen molar-refractivity contribution in [2.75, 3.05) is 20.3 Å². The standard InChI is InChI=1S/C13H15NO5/c1-4-5-19-13-7-11(14(16)17)10(9(2)8-15)6-12(13)18-3/h1,6-7,9,15H,5,8H2,2-3H3. The van der Waals surface area contributed by atoms with Crippen molar-refractivity contribution >= 4 is 5.69 Å². The van der Waals surface area contributed by atoms with E-state index >= 15 is 0 Å². The van der Waals surface area contributed by atoms with Crippen LogP contribution in [0.5, 0.6) is 11.5 Å². The molecule has 1 aromatic rings. The topological polar surface area (TPSA) is 81.8 Å². The summed E-state index contributed by atoms with van der Waals surface area (Å²) in [5, 5.41) is 20.2. The van der Waals surface area contributed by atoms with Gasteiger partial charge in [-0.15, -0.1) is 6.42 Å². The number of aliphatic hydroxyl groups excluding tert-OH is 1. The minimum absolute atomic E-state index is 0.0115. The largest absolute Gasteiger partial charge is 0.493 e. The summed E-state index contributed by atoms with van der Waals surface area (Å²) in [6, 6.07) is 2.75. The lowest BCUT2D eigenvalue weighted by molar-refractivity contribution is -0.385. The number of nitrogens with zero attached hydrogens (tertiary/aromatic N) is 1. The molecular formula is C13H15NO5. The van der Waals surface area contributed by atoms with Gasteiger partial charge in [-0.05, 0) is 6.07 Å². The van der Waals surface area contributed by atoms with Crippen molar-refractivity contribution in [2.24, 2.45) is 0 Å². The fourth-order valence-electron chi connectivity index (χ4n) is 1.61. The van der Waals surface area contributed by atoms with E-state index in [1.54, 1.807) is 6.92 Å². The van der Waals surface area contributed by atoms with Gasteiger partial charge in [-0.3, -0.25) is 10.1 Å². The lowest BCUT2D eigenvalue weighted by Crippen LogP contribution is -2.06. The van der Waals surface area contributed by atoms with E-state index in [0.29, 0.717) is 11.3 Å². The monoisotopic (exact) mass is 265 g/mol. The molecule has 6 heteroatoms. The van der Waals surface area contributed by atoms with Crippen LogP contribution in [-0.2, 0) is 0 Å². The molecule has 0 heterocycles. The maximum Gasteiger partial charge on any atom is 0.276 e. The van der Waals surface area contributed by atoms with Crippen molar-refractivity contribution in [1.29, 1.82) is 0 Å². The highest BCUT2D eigenvalue weighted by Gasteiger charge is 2.23. The highest BCUT2D eigenvalue weighted by Crippen LogP contribution is 2.37. The Morgan fingerprint density at radius 1 is 1.53 bits per heavy atom. The summed E-state index contributed by atoms with van der Waals surface area (Å²) in [5.41, 5.74) is 0.256. The number of hydrogen-bond donors (Lipinski definition) is 1. The van der Waals surface area contributed by atoms with Gasteiger partial charge in [-0.1, -0.05) is 12.8 Å². The number of nitro benzene ring substituents is 1. The van der Waals surface area contributed by atoms with Crippen LogP contribution in [0.3, 0.4) is 0 Å². The SMILES string of the molecule is C#CCOc1cc([N+](=O)[O-])c(C(C)CO)cc1OC. The number of ether oxygens (including phenoxy) is 2. The predicted molar refractivity (Wildman–Crippen MR) is 69.5 cm³/mol. The molecule has 1 unspecified atom stereocenters. The normalized spacial score (nSPS) is 11.5. The van der Waals surface area contributed by atoms with E-state index in [9.17, 15) is 10.1 Å². The second-order valence-electron chi connectivity index (χ2n) is 3.90. The second-order valence-corrected chi connectivity index (χ2v) is 3.90. The van der Waals surface area contributed by atoms with E-state index in [2.05, 4.69) is 5.92 Å². The third kappa shape index (κ3) is 3.36. The molecule has 0 aromatic heterocycles. The maximum atomic E-state index is 11.1. The molecule has 0 saturated carbocycles. The van der Waals surface area contributed by atoms with E-state index in [1.165, 1.54) is 19.2 Å². The number of benzene rings is 1. The third-order valence-electron chi connectivity index (χ3n) is 2.63. The van der Waals surface area contributed by atoms with Crippen LogP contribution >= 0.6 is 0 Å². The Balaban J connectivity index is 3.33. The van der Waals surface area contributed by atoms with Crippen LogP contribution in [0.15, 0.2) is 12.1 Å². The van der Waals surface area contributed by atoms with Crippen LogP contribution in [0.25, 0.3) is 0 Å². The van der Waals surface area contributed by atoms with Crippen molar-refractivity contribution in [3.8, 4) is 23.8 Å².